The summed E-state index contributed by atoms with van der Waals surface area (Å²) in [6.07, 6.45) is 5.75. The number of rotatable bonds is 9. The highest BCUT2D eigenvalue weighted by Gasteiger charge is 2.28. The smallest absolute Gasteiger partial charge is 0.316 e. The van der Waals surface area contributed by atoms with Gasteiger partial charge in [0, 0.05) is 48.7 Å². The zero-order valence-electron chi connectivity index (χ0n) is 22.3. The van der Waals surface area contributed by atoms with Gasteiger partial charge in [0.15, 0.2) is 0 Å². The molecular weight excluding hydrogens is 570 g/mol. The van der Waals surface area contributed by atoms with Crippen LogP contribution in [-0.2, 0) is 15.8 Å². The predicted octanol–water partition coefficient (Wildman–Crippen LogP) is 4.70. The lowest BCUT2D eigenvalue weighted by molar-refractivity contribution is -0.114. The van der Waals surface area contributed by atoms with Crippen LogP contribution in [0.2, 0.25) is 5.02 Å². The molecule has 2 aliphatic rings. The molecule has 3 aromatic rings. The largest absolute Gasteiger partial charge is 0.483 e. The van der Waals surface area contributed by atoms with Gasteiger partial charge in [0.1, 0.15) is 16.7 Å². The molecular formula is C28H32ClN5O4S2. The van der Waals surface area contributed by atoms with Crippen LogP contribution in [0.1, 0.15) is 32.6 Å². The van der Waals surface area contributed by atoms with Crippen LogP contribution >= 0.6 is 23.4 Å². The van der Waals surface area contributed by atoms with E-state index in [1.807, 2.05) is 28.6 Å². The molecule has 12 heteroatoms. The third-order valence-electron chi connectivity index (χ3n) is 6.92. The summed E-state index contributed by atoms with van der Waals surface area (Å²) < 4.78 is 22.7. The summed E-state index contributed by atoms with van der Waals surface area (Å²) >= 11 is 7.69. The summed E-state index contributed by atoms with van der Waals surface area (Å²) in [7, 11) is -1.16. The molecule has 2 fully saturated rings. The number of amides is 1. The van der Waals surface area contributed by atoms with Crippen LogP contribution in [0.5, 0.6) is 5.75 Å². The maximum atomic E-state index is 13.6. The van der Waals surface area contributed by atoms with Crippen molar-refractivity contribution in [2.75, 3.05) is 41.5 Å². The summed E-state index contributed by atoms with van der Waals surface area (Å²) in [5.74, 6) is 0.200. The maximum absolute atomic E-state index is 13.6. The fourth-order valence-electron chi connectivity index (χ4n) is 4.89. The molecule has 0 bridgehead atoms. The van der Waals surface area contributed by atoms with Gasteiger partial charge < -0.3 is 15.0 Å². The fourth-order valence-corrected chi connectivity index (χ4v) is 7.52. The highest BCUT2D eigenvalue weighted by Crippen LogP contribution is 2.31. The Kier molecular flexibility index (Phi) is 9.46. The molecule has 5 rings (SSSR count). The van der Waals surface area contributed by atoms with Crippen LogP contribution < -0.4 is 20.5 Å². The average Bonchev–Trinajstić information content (AvgIpc) is 3.47. The molecule has 212 valence electrons. The maximum Gasteiger partial charge on any atom is 0.316 e. The van der Waals surface area contributed by atoms with E-state index in [4.69, 9.17) is 16.3 Å². The minimum absolute atomic E-state index is 0.0137. The molecule has 1 aromatic heterocycles. The molecule has 1 atom stereocenters. The van der Waals surface area contributed by atoms with E-state index in [1.165, 1.54) is 23.4 Å². The van der Waals surface area contributed by atoms with E-state index in [1.54, 1.807) is 30.5 Å². The normalized spacial score (nSPS) is 17.1. The van der Waals surface area contributed by atoms with E-state index in [-0.39, 0.29) is 17.6 Å². The zero-order chi connectivity index (χ0) is 28.1. The lowest BCUT2D eigenvalue weighted by Crippen LogP contribution is -2.48. The topological polar surface area (TPSA) is 96.8 Å². The molecule has 40 heavy (non-hydrogen) atoms. The van der Waals surface area contributed by atoms with Gasteiger partial charge in [-0.1, -0.05) is 17.7 Å². The summed E-state index contributed by atoms with van der Waals surface area (Å²) in [5.41, 5.74) is 1.69. The summed E-state index contributed by atoms with van der Waals surface area (Å²) in [6, 6.07) is 14.5. The summed E-state index contributed by atoms with van der Waals surface area (Å²) in [5, 5.41) is 8.17. The molecule has 1 saturated heterocycles. The molecule has 2 aromatic carbocycles. The molecule has 0 spiro atoms. The first kappa shape index (κ1) is 28.7. The molecule has 1 N–H and O–H groups in total. The fraction of sp³-hybridized carbons (Fsp3) is 0.393. The number of anilines is 2. The van der Waals surface area contributed by atoms with Crippen LogP contribution in [0.4, 0.5) is 11.4 Å². The first-order valence-corrected chi connectivity index (χ1v) is 15.9. The van der Waals surface area contributed by atoms with Crippen molar-refractivity contribution in [1.29, 1.82) is 0 Å². The van der Waals surface area contributed by atoms with Gasteiger partial charge in [0.05, 0.1) is 23.1 Å². The number of ether oxygens (including phenoxy) is 1. The Morgan fingerprint density at radius 2 is 1.85 bits per heavy atom. The van der Waals surface area contributed by atoms with Crippen LogP contribution in [0.25, 0.3) is 5.69 Å². The van der Waals surface area contributed by atoms with Gasteiger partial charge in [-0.3, -0.25) is 9.59 Å². The Morgan fingerprint density at radius 1 is 1.12 bits per heavy atom. The number of benzene rings is 2. The highest BCUT2D eigenvalue weighted by atomic mass is 35.5. The standard InChI is InChI=1S/C28H32ClN5O4S2/c1-20(35)31-22-9-11-25(12-10-22)39-19-40(37)33-15-13-32(14-16-33)26-18-30-34(23-6-4-5-21(29)17-23)28(36)27(26)38-24-7-2-3-8-24/h4-6,9-12,17-18,24H,2-3,7-8,13-16,19H2,1H3,(H,31,35). The molecule has 1 aliphatic carbocycles. The van der Waals surface area contributed by atoms with Crippen LogP contribution in [-0.4, -0.2) is 61.6 Å². The van der Waals surface area contributed by atoms with Crippen LogP contribution in [0, 0.1) is 0 Å². The van der Waals surface area contributed by atoms with Crippen molar-refractivity contribution in [2.24, 2.45) is 0 Å². The van der Waals surface area contributed by atoms with E-state index in [0.29, 0.717) is 53.4 Å². The second kappa shape index (κ2) is 13.2. The minimum Gasteiger partial charge on any atom is -0.483 e. The number of aromatic nitrogens is 2. The molecule has 1 unspecified atom stereocenters. The first-order chi connectivity index (χ1) is 19.4. The number of thioether (sulfide) groups is 1. The van der Waals surface area contributed by atoms with Crippen molar-refractivity contribution in [1.82, 2.24) is 14.1 Å². The van der Waals surface area contributed by atoms with E-state index < -0.39 is 11.0 Å². The third-order valence-corrected chi connectivity index (χ3v) is 9.98. The van der Waals surface area contributed by atoms with Gasteiger partial charge >= 0.3 is 5.56 Å². The Balaban J connectivity index is 1.25. The molecule has 1 aliphatic heterocycles. The number of piperazine rings is 1. The molecule has 9 nitrogen and oxygen atoms in total. The van der Waals surface area contributed by atoms with Gasteiger partial charge in [0.25, 0.3) is 0 Å². The predicted molar refractivity (Wildman–Crippen MR) is 161 cm³/mol. The van der Waals surface area contributed by atoms with Gasteiger partial charge in [-0.05, 0) is 68.1 Å². The summed E-state index contributed by atoms with van der Waals surface area (Å²) in [6.45, 7) is 3.86. The SMILES string of the molecule is CC(=O)Nc1ccc(SCS(=O)N2CCN(c3cnn(-c4cccc(Cl)c4)c(=O)c3OC3CCCC3)CC2)cc1. The Labute approximate surface area is 245 Å². The van der Waals surface area contributed by atoms with E-state index in [0.717, 1.165) is 36.3 Å². The molecule has 1 amide bonds. The number of nitrogens with zero attached hydrogens (tertiary/aromatic N) is 4. The molecule has 2 heterocycles. The van der Waals surface area contributed by atoms with Crippen molar-refractivity contribution < 1.29 is 13.7 Å². The number of nitrogens with one attached hydrogen (secondary N) is 1. The van der Waals surface area contributed by atoms with Crippen molar-refractivity contribution in [3.63, 3.8) is 0 Å². The average molecular weight is 602 g/mol. The molecule has 0 radical (unpaired) electrons. The monoisotopic (exact) mass is 601 g/mol. The second-order valence-corrected chi connectivity index (χ2v) is 13.1. The summed E-state index contributed by atoms with van der Waals surface area (Å²) in [4.78, 5) is 27.9. The first-order valence-electron chi connectivity index (χ1n) is 13.3. The third kappa shape index (κ3) is 7.06. The zero-order valence-corrected chi connectivity index (χ0v) is 24.6. The second-order valence-electron chi connectivity index (χ2n) is 9.79. The number of halogens is 1. The van der Waals surface area contributed by atoms with E-state index in [2.05, 4.69) is 15.3 Å². The number of hydrogen-bond donors (Lipinski definition) is 1. The van der Waals surface area contributed by atoms with Crippen LogP contribution in [0.15, 0.2) is 64.4 Å². The lowest BCUT2D eigenvalue weighted by Gasteiger charge is -2.35. The molecule has 1 saturated carbocycles. The van der Waals surface area contributed by atoms with Crippen molar-refractivity contribution >= 4 is 51.6 Å². The van der Waals surface area contributed by atoms with Crippen LogP contribution in [0.3, 0.4) is 0 Å². The van der Waals surface area contributed by atoms with Crippen molar-refractivity contribution in [2.45, 2.75) is 43.6 Å². The quantitative estimate of drug-likeness (QED) is 0.355. The van der Waals surface area contributed by atoms with E-state index in [9.17, 15) is 13.8 Å². The van der Waals surface area contributed by atoms with Gasteiger partial charge in [-0.25, -0.2) is 8.51 Å². The van der Waals surface area contributed by atoms with Crippen molar-refractivity contribution in [3.05, 3.63) is 70.1 Å². The Bertz CT molecular complexity index is 1420. The van der Waals surface area contributed by atoms with Gasteiger partial charge in [0.2, 0.25) is 11.7 Å². The number of carbonyl (C=O) groups is 1. The Morgan fingerprint density at radius 3 is 2.52 bits per heavy atom. The number of carbonyl (C=O) groups excluding carboxylic acids is 1. The highest BCUT2D eigenvalue weighted by molar-refractivity contribution is 8.09. The lowest BCUT2D eigenvalue weighted by atomic mass is 10.2. The van der Waals surface area contributed by atoms with Crippen molar-refractivity contribution in [3.8, 4) is 11.4 Å². The Hall–Kier alpha value is -2.86. The minimum atomic E-state index is -1.16. The van der Waals surface area contributed by atoms with Gasteiger partial charge in [-0.2, -0.15) is 9.78 Å². The number of hydrogen-bond acceptors (Lipinski definition) is 7. The van der Waals surface area contributed by atoms with Gasteiger partial charge in [-0.15, -0.1) is 11.8 Å². The van der Waals surface area contributed by atoms with E-state index >= 15 is 0 Å².